The van der Waals surface area contributed by atoms with Crippen LogP contribution in [0.4, 0.5) is 17.1 Å². The zero-order valence-electron chi connectivity index (χ0n) is 12.5. The van der Waals surface area contributed by atoms with Crippen molar-refractivity contribution in [2.24, 2.45) is 8.73 Å². The topological polar surface area (TPSA) is 77.3 Å². The van der Waals surface area contributed by atoms with Crippen LogP contribution in [-0.4, -0.2) is 41.1 Å². The number of hydrogen-bond acceptors (Lipinski definition) is 5. The van der Waals surface area contributed by atoms with E-state index in [1.165, 1.54) is 0 Å². The van der Waals surface area contributed by atoms with Gasteiger partial charge in [-0.05, 0) is 44.9 Å². The second-order valence-electron chi connectivity index (χ2n) is 5.84. The van der Waals surface area contributed by atoms with Crippen molar-refractivity contribution in [3.63, 3.8) is 0 Å². The van der Waals surface area contributed by atoms with Crippen molar-refractivity contribution in [2.75, 3.05) is 18.4 Å². The predicted molar refractivity (Wildman–Crippen MR) is 87.5 cm³/mol. The molecule has 0 aliphatic carbocycles. The number of aliphatic hydroxyl groups excluding tert-OH is 1. The molecule has 0 spiro atoms. The lowest BCUT2D eigenvalue weighted by Crippen LogP contribution is -2.38. The van der Waals surface area contributed by atoms with Crippen LogP contribution in [0.1, 0.15) is 26.2 Å². The lowest BCUT2D eigenvalue weighted by Gasteiger charge is -2.24. The van der Waals surface area contributed by atoms with Crippen molar-refractivity contribution in [3.05, 3.63) is 18.2 Å². The zero-order valence-corrected chi connectivity index (χ0v) is 13.3. The molecule has 2 heterocycles. The van der Waals surface area contributed by atoms with Crippen LogP contribution in [-0.2, 0) is 16.1 Å². The molecular formula is C15H20N4O2S. The summed E-state index contributed by atoms with van der Waals surface area (Å²) in [5.41, 5.74) is 2.25. The molecule has 1 saturated heterocycles. The van der Waals surface area contributed by atoms with Crippen molar-refractivity contribution < 1.29 is 9.90 Å². The summed E-state index contributed by atoms with van der Waals surface area (Å²) < 4.78 is 8.40. The molecule has 2 aliphatic rings. The van der Waals surface area contributed by atoms with Gasteiger partial charge in [-0.25, -0.2) is 0 Å². The maximum absolute atomic E-state index is 12.3. The summed E-state index contributed by atoms with van der Waals surface area (Å²) in [6, 6.07) is 5.89. The molecule has 22 heavy (non-hydrogen) atoms. The van der Waals surface area contributed by atoms with Gasteiger partial charge in [0.05, 0.1) is 29.7 Å². The number of likely N-dealkylation sites (tertiary alicyclic amines) is 1. The third kappa shape index (κ3) is 3.43. The number of hydrogen-bond donors (Lipinski definition) is 2. The summed E-state index contributed by atoms with van der Waals surface area (Å²) in [7, 11) is 0. The van der Waals surface area contributed by atoms with E-state index in [9.17, 15) is 9.90 Å². The van der Waals surface area contributed by atoms with Gasteiger partial charge in [-0.2, -0.15) is 8.73 Å². The van der Waals surface area contributed by atoms with Crippen LogP contribution in [0, 0.1) is 0 Å². The van der Waals surface area contributed by atoms with E-state index in [2.05, 4.69) is 18.9 Å². The molecular weight excluding hydrogens is 300 g/mol. The molecule has 0 bridgehead atoms. The van der Waals surface area contributed by atoms with Crippen molar-refractivity contribution in [1.29, 1.82) is 0 Å². The minimum atomic E-state index is -0.330. The highest BCUT2D eigenvalue weighted by Crippen LogP contribution is 2.38. The minimum absolute atomic E-state index is 0.0435. The van der Waals surface area contributed by atoms with Crippen LogP contribution >= 0.6 is 0 Å². The third-order valence-corrected chi connectivity index (χ3v) is 4.56. The fourth-order valence-corrected chi connectivity index (χ4v) is 3.59. The summed E-state index contributed by atoms with van der Waals surface area (Å²) in [5, 5.41) is 12.5. The van der Waals surface area contributed by atoms with Crippen LogP contribution in [0.3, 0.4) is 0 Å². The number of carbonyl (C=O) groups excluding carboxylic acids is 1. The third-order valence-electron chi connectivity index (χ3n) is 4.02. The molecule has 1 aromatic rings. The van der Waals surface area contributed by atoms with Crippen molar-refractivity contribution in [1.82, 2.24) is 4.90 Å². The maximum Gasteiger partial charge on any atom is 0.238 e. The average molecular weight is 320 g/mol. The molecule has 2 N–H and O–H groups in total. The van der Waals surface area contributed by atoms with Gasteiger partial charge < -0.3 is 10.4 Å². The van der Waals surface area contributed by atoms with Crippen molar-refractivity contribution in [2.45, 2.75) is 38.3 Å². The van der Waals surface area contributed by atoms with Gasteiger partial charge in [0.25, 0.3) is 0 Å². The van der Waals surface area contributed by atoms with E-state index < -0.39 is 0 Å². The molecule has 2 unspecified atom stereocenters. The number of nitrogens with zero attached hydrogens (tertiary/aromatic N) is 3. The van der Waals surface area contributed by atoms with Crippen molar-refractivity contribution >= 4 is 34.3 Å². The summed E-state index contributed by atoms with van der Waals surface area (Å²) >= 11 is 1.14. The first-order valence-electron chi connectivity index (χ1n) is 7.57. The Kier molecular flexibility index (Phi) is 4.66. The van der Waals surface area contributed by atoms with Gasteiger partial charge in [0, 0.05) is 6.04 Å². The smallest absolute Gasteiger partial charge is 0.238 e. The van der Waals surface area contributed by atoms with Gasteiger partial charge >= 0.3 is 0 Å². The summed E-state index contributed by atoms with van der Waals surface area (Å²) in [4.78, 5) is 14.5. The SMILES string of the molecule is CC(O)CC1CCCN1CC(=O)Nc1cccc2c1N=S=N2. The Balaban J connectivity index is 1.61. The van der Waals surface area contributed by atoms with E-state index in [1.54, 1.807) is 6.92 Å². The molecule has 1 amide bonds. The fraction of sp³-hybridized carbons (Fsp3) is 0.533. The van der Waals surface area contributed by atoms with E-state index in [4.69, 9.17) is 0 Å². The minimum Gasteiger partial charge on any atom is -0.393 e. The van der Waals surface area contributed by atoms with Gasteiger partial charge in [0.15, 0.2) is 0 Å². The van der Waals surface area contributed by atoms with Crippen LogP contribution in [0.2, 0.25) is 0 Å². The number of anilines is 1. The highest BCUT2D eigenvalue weighted by molar-refractivity contribution is 7.58. The molecule has 0 saturated carbocycles. The van der Waals surface area contributed by atoms with Crippen molar-refractivity contribution in [3.8, 4) is 0 Å². The second kappa shape index (κ2) is 6.68. The van der Waals surface area contributed by atoms with Gasteiger partial charge in [-0.3, -0.25) is 9.69 Å². The molecule has 0 aromatic heterocycles. The molecule has 2 atom stereocenters. The zero-order chi connectivity index (χ0) is 15.5. The van der Waals surface area contributed by atoms with E-state index in [-0.39, 0.29) is 12.0 Å². The maximum atomic E-state index is 12.3. The first kappa shape index (κ1) is 15.3. The Hall–Kier alpha value is -1.57. The molecule has 6 nitrogen and oxygen atoms in total. The van der Waals surface area contributed by atoms with Crippen LogP contribution < -0.4 is 5.32 Å². The van der Waals surface area contributed by atoms with Crippen LogP contribution in [0.25, 0.3) is 0 Å². The molecule has 3 rings (SSSR count). The van der Waals surface area contributed by atoms with Gasteiger partial charge in [0.1, 0.15) is 11.4 Å². The summed E-state index contributed by atoms with van der Waals surface area (Å²) in [6.45, 7) is 3.06. The number of rotatable bonds is 5. The molecule has 118 valence electrons. The number of fused-ring (bicyclic) bond motifs is 1. The number of aliphatic hydroxyl groups is 1. The predicted octanol–water partition coefficient (Wildman–Crippen LogP) is 2.59. The first-order chi connectivity index (χ1) is 10.6. The molecule has 2 aliphatic heterocycles. The quantitative estimate of drug-likeness (QED) is 0.889. The monoisotopic (exact) mass is 320 g/mol. The normalized spacial score (nSPS) is 21.5. The summed E-state index contributed by atoms with van der Waals surface area (Å²) in [5.74, 6) is -0.0435. The van der Waals surface area contributed by atoms with Crippen LogP contribution in [0.5, 0.6) is 0 Å². The standard InChI is InChI=1S/C15H20N4O2S/c1-10(20)8-11-4-3-7-19(11)9-14(21)16-12-5-2-6-13-15(12)18-22-17-13/h2,5-6,10-11,20H,3-4,7-9H2,1H3,(H,16,21). The number of nitrogens with one attached hydrogen (secondary N) is 1. The molecule has 7 heteroatoms. The lowest BCUT2D eigenvalue weighted by molar-refractivity contribution is -0.117. The van der Waals surface area contributed by atoms with E-state index in [1.807, 2.05) is 18.2 Å². The first-order valence-corrected chi connectivity index (χ1v) is 8.30. The van der Waals surface area contributed by atoms with E-state index >= 15 is 0 Å². The fourth-order valence-electron chi connectivity index (χ4n) is 3.05. The summed E-state index contributed by atoms with van der Waals surface area (Å²) in [6.07, 6.45) is 2.52. The Morgan fingerprint density at radius 3 is 3.23 bits per heavy atom. The van der Waals surface area contributed by atoms with Gasteiger partial charge in [0.2, 0.25) is 5.91 Å². The Morgan fingerprint density at radius 2 is 2.41 bits per heavy atom. The van der Waals surface area contributed by atoms with E-state index in [0.717, 1.165) is 48.5 Å². The molecule has 1 fully saturated rings. The second-order valence-corrected chi connectivity index (χ2v) is 6.37. The molecule has 1 aromatic carbocycles. The number of amides is 1. The average Bonchev–Trinajstić information content (AvgIpc) is 3.08. The number of benzene rings is 1. The largest absolute Gasteiger partial charge is 0.393 e. The number of carbonyl (C=O) groups is 1. The van der Waals surface area contributed by atoms with Gasteiger partial charge in [-0.15, -0.1) is 0 Å². The lowest BCUT2D eigenvalue weighted by atomic mass is 10.1. The highest BCUT2D eigenvalue weighted by atomic mass is 32.1. The molecule has 0 radical (unpaired) electrons. The Bertz CT molecular complexity index is 640. The van der Waals surface area contributed by atoms with E-state index in [0.29, 0.717) is 18.3 Å². The Morgan fingerprint density at radius 1 is 1.55 bits per heavy atom. The Labute approximate surface area is 133 Å². The van der Waals surface area contributed by atoms with Crippen LogP contribution in [0.15, 0.2) is 26.9 Å². The highest BCUT2D eigenvalue weighted by Gasteiger charge is 2.27. The van der Waals surface area contributed by atoms with Gasteiger partial charge in [-0.1, -0.05) is 6.07 Å².